The van der Waals surface area contributed by atoms with Crippen molar-refractivity contribution in [3.63, 3.8) is 0 Å². The first-order valence-corrected chi connectivity index (χ1v) is 6.38. The summed E-state index contributed by atoms with van der Waals surface area (Å²) in [6.07, 6.45) is 1.64. The van der Waals surface area contributed by atoms with Crippen LogP contribution in [0, 0.1) is 5.92 Å². The van der Waals surface area contributed by atoms with E-state index < -0.39 is 0 Å². The number of aromatic nitrogens is 2. The fourth-order valence-electron chi connectivity index (χ4n) is 2.23. The Morgan fingerprint density at radius 1 is 1.68 bits per heavy atom. The average molecular weight is 266 g/mol. The smallest absolute Gasteiger partial charge is 0.310 e. The van der Waals surface area contributed by atoms with Crippen LogP contribution in [0.5, 0.6) is 0 Å². The summed E-state index contributed by atoms with van der Waals surface area (Å²) in [5.74, 6) is 0.217. The molecular weight excluding hydrogens is 248 g/mol. The van der Waals surface area contributed by atoms with Gasteiger partial charge in [0.25, 0.3) is 5.56 Å². The van der Waals surface area contributed by atoms with Crippen LogP contribution in [0.3, 0.4) is 0 Å². The molecule has 1 atom stereocenters. The van der Waals surface area contributed by atoms with Crippen molar-refractivity contribution in [3.05, 3.63) is 16.4 Å². The largest absolute Gasteiger partial charge is 0.466 e. The molecule has 3 N–H and O–H groups in total. The minimum absolute atomic E-state index is 0.178. The molecule has 1 aromatic heterocycles. The number of nitrogen functional groups attached to an aromatic ring is 1. The van der Waals surface area contributed by atoms with Gasteiger partial charge in [0.2, 0.25) is 5.95 Å². The van der Waals surface area contributed by atoms with E-state index in [9.17, 15) is 9.59 Å². The van der Waals surface area contributed by atoms with Crippen molar-refractivity contribution < 1.29 is 9.53 Å². The zero-order chi connectivity index (χ0) is 13.8. The average Bonchev–Trinajstić information content (AvgIpc) is 2.38. The normalized spacial score (nSPS) is 19.2. The van der Waals surface area contributed by atoms with E-state index in [1.807, 2.05) is 4.90 Å². The van der Waals surface area contributed by atoms with E-state index in [2.05, 4.69) is 9.97 Å². The third-order valence-electron chi connectivity index (χ3n) is 3.09. The van der Waals surface area contributed by atoms with Crippen molar-refractivity contribution in [2.24, 2.45) is 5.92 Å². The lowest BCUT2D eigenvalue weighted by molar-refractivity contribution is -0.148. The van der Waals surface area contributed by atoms with E-state index >= 15 is 0 Å². The van der Waals surface area contributed by atoms with Gasteiger partial charge in [0.05, 0.1) is 12.5 Å². The molecule has 1 aliphatic heterocycles. The van der Waals surface area contributed by atoms with Crippen LogP contribution >= 0.6 is 0 Å². The number of carbonyl (C=O) groups is 1. The summed E-state index contributed by atoms with van der Waals surface area (Å²) in [5.41, 5.74) is 5.27. The summed E-state index contributed by atoms with van der Waals surface area (Å²) < 4.78 is 5.03. The second-order valence-corrected chi connectivity index (χ2v) is 4.53. The molecule has 1 unspecified atom stereocenters. The van der Waals surface area contributed by atoms with E-state index in [0.29, 0.717) is 19.1 Å². The maximum absolute atomic E-state index is 11.7. The van der Waals surface area contributed by atoms with Crippen LogP contribution in [0.15, 0.2) is 10.9 Å². The Hall–Kier alpha value is -2.05. The maximum atomic E-state index is 11.7. The zero-order valence-electron chi connectivity index (χ0n) is 10.9. The van der Waals surface area contributed by atoms with Gasteiger partial charge in [-0.25, -0.2) is 0 Å². The molecule has 0 amide bonds. The van der Waals surface area contributed by atoms with Gasteiger partial charge >= 0.3 is 5.97 Å². The van der Waals surface area contributed by atoms with Gasteiger partial charge in [-0.1, -0.05) is 0 Å². The molecule has 0 bridgehead atoms. The second kappa shape index (κ2) is 5.73. The number of nitrogens with two attached hydrogens (primary N) is 1. The van der Waals surface area contributed by atoms with Gasteiger partial charge in [-0.05, 0) is 19.8 Å². The van der Waals surface area contributed by atoms with Gasteiger partial charge in [0.1, 0.15) is 5.82 Å². The van der Waals surface area contributed by atoms with Gasteiger partial charge in [-0.15, -0.1) is 0 Å². The predicted molar refractivity (Wildman–Crippen MR) is 70.8 cm³/mol. The third-order valence-corrected chi connectivity index (χ3v) is 3.09. The van der Waals surface area contributed by atoms with Crippen LogP contribution in [-0.4, -0.2) is 35.6 Å². The number of ether oxygens (including phenoxy) is 1. The number of aromatic amines is 1. The Bertz CT molecular complexity index is 514. The Kier molecular flexibility index (Phi) is 4.03. The number of piperidine rings is 1. The van der Waals surface area contributed by atoms with Crippen LogP contribution in [0.4, 0.5) is 11.8 Å². The molecule has 19 heavy (non-hydrogen) atoms. The lowest BCUT2D eigenvalue weighted by Gasteiger charge is -2.31. The maximum Gasteiger partial charge on any atom is 0.310 e. The highest BCUT2D eigenvalue weighted by Crippen LogP contribution is 2.21. The molecule has 1 aliphatic rings. The summed E-state index contributed by atoms with van der Waals surface area (Å²) in [4.78, 5) is 31.7. The first-order valence-electron chi connectivity index (χ1n) is 6.38. The second-order valence-electron chi connectivity index (χ2n) is 4.53. The first kappa shape index (κ1) is 13.4. The monoisotopic (exact) mass is 266 g/mol. The SMILES string of the molecule is CCOC(=O)C1CCCN(c2nc(N)cc(=O)[nH]2)C1. The van der Waals surface area contributed by atoms with Gasteiger partial charge < -0.3 is 15.4 Å². The molecule has 0 radical (unpaired) electrons. The van der Waals surface area contributed by atoms with E-state index in [-0.39, 0.29) is 23.3 Å². The number of hydrogen-bond donors (Lipinski definition) is 2. The van der Waals surface area contributed by atoms with Crippen molar-refractivity contribution in [2.45, 2.75) is 19.8 Å². The molecule has 0 aromatic carbocycles. The fourth-order valence-corrected chi connectivity index (χ4v) is 2.23. The van der Waals surface area contributed by atoms with Crippen molar-refractivity contribution in [1.82, 2.24) is 9.97 Å². The number of esters is 1. The molecule has 0 saturated carbocycles. The van der Waals surface area contributed by atoms with Crippen LogP contribution in [-0.2, 0) is 9.53 Å². The van der Waals surface area contributed by atoms with Gasteiger partial charge in [-0.3, -0.25) is 14.6 Å². The van der Waals surface area contributed by atoms with Crippen molar-refractivity contribution in [2.75, 3.05) is 30.3 Å². The van der Waals surface area contributed by atoms with Crippen molar-refractivity contribution in [3.8, 4) is 0 Å². The highest BCUT2D eigenvalue weighted by molar-refractivity contribution is 5.73. The molecule has 2 rings (SSSR count). The Morgan fingerprint density at radius 2 is 2.47 bits per heavy atom. The molecule has 1 saturated heterocycles. The summed E-state index contributed by atoms with van der Waals surface area (Å²) in [6, 6.07) is 1.23. The highest BCUT2D eigenvalue weighted by atomic mass is 16.5. The molecule has 2 heterocycles. The van der Waals surface area contributed by atoms with Crippen LogP contribution in [0.2, 0.25) is 0 Å². The molecule has 1 fully saturated rings. The van der Waals surface area contributed by atoms with E-state index in [1.54, 1.807) is 6.92 Å². The summed E-state index contributed by atoms with van der Waals surface area (Å²) >= 11 is 0. The predicted octanol–water partition coefficient (Wildman–Crippen LogP) is 0.132. The Labute approximate surface area is 110 Å². The number of nitrogens with one attached hydrogen (secondary N) is 1. The topological polar surface area (TPSA) is 101 Å². The van der Waals surface area contributed by atoms with E-state index in [4.69, 9.17) is 10.5 Å². The molecule has 104 valence electrons. The molecule has 7 heteroatoms. The number of anilines is 2. The molecule has 0 spiro atoms. The quantitative estimate of drug-likeness (QED) is 0.754. The van der Waals surface area contributed by atoms with Crippen LogP contribution in [0.1, 0.15) is 19.8 Å². The molecule has 1 aromatic rings. The van der Waals surface area contributed by atoms with Crippen LogP contribution in [0.25, 0.3) is 0 Å². The minimum atomic E-state index is -0.291. The van der Waals surface area contributed by atoms with Crippen LogP contribution < -0.4 is 16.2 Å². The number of hydrogen-bond acceptors (Lipinski definition) is 6. The molecular formula is C12H18N4O3. The lowest BCUT2D eigenvalue weighted by Crippen LogP contribution is -2.41. The molecule has 0 aliphatic carbocycles. The van der Waals surface area contributed by atoms with Crippen molar-refractivity contribution in [1.29, 1.82) is 0 Å². The lowest BCUT2D eigenvalue weighted by atomic mass is 9.98. The van der Waals surface area contributed by atoms with E-state index in [0.717, 1.165) is 19.4 Å². The number of nitrogens with zero attached hydrogens (tertiary/aromatic N) is 2. The van der Waals surface area contributed by atoms with Crippen molar-refractivity contribution >= 4 is 17.7 Å². The minimum Gasteiger partial charge on any atom is -0.466 e. The Balaban J connectivity index is 2.12. The summed E-state index contributed by atoms with van der Waals surface area (Å²) in [7, 11) is 0. The number of H-pyrrole nitrogens is 1. The van der Waals surface area contributed by atoms with Gasteiger partial charge in [0, 0.05) is 19.2 Å². The zero-order valence-corrected chi connectivity index (χ0v) is 10.9. The fraction of sp³-hybridized carbons (Fsp3) is 0.583. The van der Waals surface area contributed by atoms with E-state index in [1.165, 1.54) is 6.07 Å². The number of carbonyl (C=O) groups excluding carboxylic acids is 1. The summed E-state index contributed by atoms with van der Waals surface area (Å²) in [5, 5.41) is 0. The third kappa shape index (κ3) is 3.24. The van der Waals surface area contributed by atoms with Gasteiger partial charge in [0.15, 0.2) is 0 Å². The Morgan fingerprint density at radius 3 is 3.16 bits per heavy atom. The number of rotatable bonds is 3. The standard InChI is InChI=1S/C12H18N4O3/c1-2-19-11(18)8-4-3-5-16(7-8)12-14-9(13)6-10(17)15-12/h6,8H,2-5,7H2,1H3,(H3,13,14,15,17). The first-order chi connectivity index (χ1) is 9.10. The van der Waals surface area contributed by atoms with Gasteiger partial charge in [-0.2, -0.15) is 4.98 Å². The highest BCUT2D eigenvalue weighted by Gasteiger charge is 2.27. The molecule has 7 nitrogen and oxygen atoms in total. The summed E-state index contributed by atoms with van der Waals surface area (Å²) in [6.45, 7) is 3.39.